The fourth-order valence-electron chi connectivity index (χ4n) is 6.61. The first kappa shape index (κ1) is 38.9. The average molecular weight is 707 g/mol. The van der Waals surface area contributed by atoms with Crippen molar-refractivity contribution in [3.8, 4) is 17.6 Å². The topological polar surface area (TPSA) is 110 Å². The van der Waals surface area contributed by atoms with Crippen molar-refractivity contribution in [2.24, 2.45) is 11.8 Å². The molecule has 0 amide bonds. The van der Waals surface area contributed by atoms with Crippen molar-refractivity contribution in [3.63, 3.8) is 0 Å². The van der Waals surface area contributed by atoms with Crippen LogP contribution in [0, 0.1) is 23.7 Å². The van der Waals surface area contributed by atoms with Gasteiger partial charge in [0.1, 0.15) is 17.3 Å². The van der Waals surface area contributed by atoms with E-state index in [2.05, 4.69) is 52.6 Å². The monoisotopic (exact) mass is 706 g/mol. The quantitative estimate of drug-likeness (QED) is 0.0894. The zero-order valence-electron chi connectivity index (χ0n) is 29.9. The summed E-state index contributed by atoms with van der Waals surface area (Å²) in [6.45, 7) is 15.3. The van der Waals surface area contributed by atoms with Gasteiger partial charge in [-0.25, -0.2) is 0 Å². The van der Waals surface area contributed by atoms with Gasteiger partial charge >= 0.3 is 0 Å². The molecule has 2 unspecified atom stereocenters. The summed E-state index contributed by atoms with van der Waals surface area (Å²) in [5.74, 6) is 6.71. The van der Waals surface area contributed by atoms with E-state index in [1.54, 1.807) is 0 Å². The number of hydrogen-bond donors (Lipinski definition) is 1. The minimum Gasteiger partial charge on any atom is -0.493 e. The molecule has 6 atom stereocenters. The van der Waals surface area contributed by atoms with Crippen molar-refractivity contribution in [1.29, 1.82) is 0 Å². The summed E-state index contributed by atoms with van der Waals surface area (Å²) in [7, 11) is -6.33. The third-order valence-corrected chi connectivity index (χ3v) is 15.2. The molecule has 1 aromatic carbocycles. The largest absolute Gasteiger partial charge is 0.493 e. The fourth-order valence-corrected chi connectivity index (χ4v) is 8.28. The summed E-state index contributed by atoms with van der Waals surface area (Å²) >= 11 is 0. The Balaban J connectivity index is 1.70. The molecule has 0 spiro atoms. The van der Waals surface area contributed by atoms with Gasteiger partial charge in [-0.05, 0) is 93.6 Å². The smallest absolute Gasteiger partial charge is 0.276 e. The molecule has 48 heavy (non-hydrogen) atoms. The van der Waals surface area contributed by atoms with E-state index >= 15 is 0 Å². The van der Waals surface area contributed by atoms with Gasteiger partial charge in [-0.15, -0.1) is 5.92 Å². The number of para-hydroxylation sites is 1. The van der Waals surface area contributed by atoms with E-state index in [0.717, 1.165) is 55.6 Å². The molecule has 2 saturated heterocycles. The fraction of sp³-hybridized carbons (Fsp3) is 0.730. The van der Waals surface area contributed by atoms with E-state index in [1.807, 2.05) is 30.3 Å². The van der Waals surface area contributed by atoms with E-state index in [0.29, 0.717) is 45.5 Å². The standard InChI is InChI=1S/C37H58O9SSi/c1-28(31(44-34-20-12-14-23-42-34)22-25-41-29-17-9-7-10-18-29)36-30(19-11-8-16-26-47(38,39)40)32(46-48(5,6)37(2,3)4)27-33(36)45-35-21-13-15-24-43-35/h7,9-10,17-18,30,32-36H,11-15,19-27H2,1-6H3,(H,38,39,40)/b31-28+/t30-,32-,33+,34?,35?,36+/m1/s1. The summed E-state index contributed by atoms with van der Waals surface area (Å²) < 4.78 is 70.8. The lowest BCUT2D eigenvalue weighted by Crippen LogP contribution is -2.45. The minimum absolute atomic E-state index is 0.0139. The van der Waals surface area contributed by atoms with Crippen LogP contribution in [0.4, 0.5) is 0 Å². The van der Waals surface area contributed by atoms with E-state index in [1.165, 1.54) is 0 Å². The average Bonchev–Trinajstić information content (AvgIpc) is 3.35. The van der Waals surface area contributed by atoms with Crippen LogP contribution in [0.25, 0.3) is 0 Å². The van der Waals surface area contributed by atoms with Crippen molar-refractivity contribution in [3.05, 3.63) is 41.7 Å². The van der Waals surface area contributed by atoms with Gasteiger partial charge in [0.2, 0.25) is 0 Å². The lowest BCUT2D eigenvalue weighted by Gasteiger charge is -2.40. The molecule has 9 nitrogen and oxygen atoms in total. The Labute approximate surface area is 290 Å². The molecule has 0 radical (unpaired) electrons. The number of hydrogen-bond acceptors (Lipinski definition) is 8. The second-order valence-corrected chi connectivity index (χ2v) is 21.1. The molecular weight excluding hydrogens is 649 g/mol. The summed E-state index contributed by atoms with van der Waals surface area (Å²) in [5.41, 5.74) is 1.10. The molecule has 2 aliphatic heterocycles. The molecule has 3 aliphatic rings. The summed E-state index contributed by atoms with van der Waals surface area (Å²) in [6, 6.07) is 9.80. The van der Waals surface area contributed by atoms with Crippen molar-refractivity contribution in [2.45, 2.75) is 135 Å². The molecule has 11 heteroatoms. The van der Waals surface area contributed by atoms with E-state index in [4.69, 9.17) is 28.1 Å². The van der Waals surface area contributed by atoms with E-state index in [-0.39, 0.29) is 41.7 Å². The van der Waals surface area contributed by atoms with Crippen molar-refractivity contribution in [1.82, 2.24) is 0 Å². The maximum atomic E-state index is 11.3. The minimum atomic E-state index is -4.15. The Kier molecular flexibility index (Phi) is 14.5. The van der Waals surface area contributed by atoms with Gasteiger partial charge in [-0.1, -0.05) is 44.9 Å². The molecular formula is C37H58O9SSi. The molecule has 1 N–H and O–H groups in total. The zero-order chi connectivity index (χ0) is 34.8. The molecule has 2 heterocycles. The number of rotatable bonds is 14. The first-order valence-electron chi connectivity index (χ1n) is 17.7. The molecule has 1 aliphatic carbocycles. The van der Waals surface area contributed by atoms with Crippen molar-refractivity contribution in [2.75, 3.05) is 25.6 Å². The molecule has 270 valence electrons. The predicted molar refractivity (Wildman–Crippen MR) is 189 cm³/mol. The predicted octanol–water partition coefficient (Wildman–Crippen LogP) is 7.88. The Hall–Kier alpha value is -1.91. The maximum Gasteiger partial charge on any atom is 0.276 e. The van der Waals surface area contributed by atoms with Crippen LogP contribution >= 0.6 is 0 Å². The number of benzene rings is 1. The number of ether oxygens (including phenoxy) is 5. The van der Waals surface area contributed by atoms with Gasteiger partial charge in [-0.3, -0.25) is 4.55 Å². The first-order chi connectivity index (χ1) is 22.7. The normalized spacial score (nSPS) is 27.5. The van der Waals surface area contributed by atoms with Crippen LogP contribution < -0.4 is 4.74 Å². The van der Waals surface area contributed by atoms with Gasteiger partial charge in [0.15, 0.2) is 20.9 Å². The van der Waals surface area contributed by atoms with Gasteiger partial charge < -0.3 is 28.1 Å². The molecule has 1 aromatic rings. The second kappa shape index (κ2) is 17.8. The van der Waals surface area contributed by atoms with Crippen LogP contribution in [0.15, 0.2) is 41.7 Å². The summed E-state index contributed by atoms with van der Waals surface area (Å²) in [5, 5.41) is 0.0139. The highest BCUT2D eigenvalue weighted by atomic mass is 32.2. The van der Waals surface area contributed by atoms with Gasteiger partial charge in [0, 0.05) is 31.8 Å². The van der Waals surface area contributed by atoms with Crippen LogP contribution in [-0.2, 0) is 33.5 Å². The molecule has 0 aromatic heterocycles. The van der Waals surface area contributed by atoms with Crippen LogP contribution in [0.5, 0.6) is 5.75 Å². The van der Waals surface area contributed by atoms with Gasteiger partial charge in [-0.2, -0.15) is 8.42 Å². The molecule has 1 saturated carbocycles. The second-order valence-electron chi connectivity index (χ2n) is 14.9. The lowest BCUT2D eigenvalue weighted by molar-refractivity contribution is -0.194. The van der Waals surface area contributed by atoms with Crippen LogP contribution in [0.3, 0.4) is 0 Å². The van der Waals surface area contributed by atoms with E-state index < -0.39 is 24.2 Å². The third-order valence-electron chi connectivity index (χ3n) is 10.2. The summed E-state index contributed by atoms with van der Waals surface area (Å²) in [4.78, 5) is 0. The Bertz CT molecular complexity index is 1330. The lowest BCUT2D eigenvalue weighted by atomic mass is 9.83. The third kappa shape index (κ3) is 11.9. The first-order valence-corrected chi connectivity index (χ1v) is 22.3. The maximum absolute atomic E-state index is 11.3. The zero-order valence-corrected chi connectivity index (χ0v) is 31.7. The van der Waals surface area contributed by atoms with Crippen LogP contribution in [-0.4, -0.2) is 71.6 Å². The van der Waals surface area contributed by atoms with Crippen molar-refractivity contribution >= 4 is 18.4 Å². The van der Waals surface area contributed by atoms with Gasteiger partial charge in [0.25, 0.3) is 10.1 Å². The Morgan fingerprint density at radius 3 is 2.25 bits per heavy atom. The SMILES string of the molecule is C/C(=C(/CCOc1ccccc1)OC1CCCCO1)[C@H]1[C@H](CCC#CCS(=O)(=O)O)[C@H](O[Si](C)(C)C(C)(C)C)C[C@@H]1OC1CCCCO1. The highest BCUT2D eigenvalue weighted by Gasteiger charge is 2.50. The molecule has 0 bridgehead atoms. The molecule has 3 fully saturated rings. The Morgan fingerprint density at radius 2 is 1.65 bits per heavy atom. The van der Waals surface area contributed by atoms with Crippen LogP contribution in [0.1, 0.15) is 91.9 Å². The van der Waals surface area contributed by atoms with E-state index in [9.17, 15) is 13.0 Å². The van der Waals surface area contributed by atoms with Crippen molar-refractivity contribution < 1.29 is 41.1 Å². The highest BCUT2D eigenvalue weighted by Crippen LogP contribution is 2.48. The van der Waals surface area contributed by atoms with Crippen LogP contribution in [0.2, 0.25) is 18.1 Å². The molecule has 4 rings (SSSR count). The Morgan fingerprint density at radius 1 is 0.979 bits per heavy atom. The summed E-state index contributed by atoms with van der Waals surface area (Å²) in [6.07, 6.45) is 7.47. The highest BCUT2D eigenvalue weighted by molar-refractivity contribution is 7.86. The van der Waals surface area contributed by atoms with Gasteiger partial charge in [0.05, 0.1) is 25.4 Å².